The molecule has 0 aromatic heterocycles. The third kappa shape index (κ3) is 5.85. The Morgan fingerprint density at radius 3 is 2.46 bits per heavy atom. The lowest BCUT2D eigenvalue weighted by Gasteiger charge is -2.15. The number of sulfonamides is 1. The lowest BCUT2D eigenvalue weighted by molar-refractivity contribution is -0.128. The standard InChI is InChI=1S/C17H24N2O6S/c1-6-9-18-16(20)12(4)25-17(21)13-7-8-14(24-5)15(10-13)26(22,23)19-11(2)3/h6-8,10-12,19H,1,9H2,2-5H3,(H,18,20). The molecule has 0 bridgehead atoms. The number of esters is 1. The molecule has 0 fully saturated rings. The maximum Gasteiger partial charge on any atom is 0.338 e. The molecule has 0 aliphatic rings. The Balaban J connectivity index is 3.07. The van der Waals surface area contributed by atoms with Gasteiger partial charge in [-0.1, -0.05) is 6.08 Å². The number of methoxy groups -OCH3 is 1. The van der Waals surface area contributed by atoms with E-state index < -0.39 is 28.0 Å². The first kappa shape index (κ1) is 21.7. The number of benzene rings is 1. The van der Waals surface area contributed by atoms with Gasteiger partial charge in [-0.2, -0.15) is 0 Å². The van der Waals surface area contributed by atoms with Crippen LogP contribution in [0.4, 0.5) is 0 Å². The third-order valence-corrected chi connectivity index (χ3v) is 4.83. The molecule has 26 heavy (non-hydrogen) atoms. The van der Waals surface area contributed by atoms with E-state index in [0.29, 0.717) is 0 Å². The zero-order valence-electron chi connectivity index (χ0n) is 15.2. The fourth-order valence-corrected chi connectivity index (χ4v) is 3.43. The number of ether oxygens (including phenoxy) is 2. The van der Waals surface area contributed by atoms with Crippen molar-refractivity contribution in [2.45, 2.75) is 37.8 Å². The van der Waals surface area contributed by atoms with Crippen molar-refractivity contribution in [3.05, 3.63) is 36.4 Å². The molecule has 2 N–H and O–H groups in total. The van der Waals surface area contributed by atoms with Crippen LogP contribution < -0.4 is 14.8 Å². The van der Waals surface area contributed by atoms with Gasteiger partial charge in [-0.25, -0.2) is 17.9 Å². The monoisotopic (exact) mass is 384 g/mol. The fraction of sp³-hybridized carbons (Fsp3) is 0.412. The summed E-state index contributed by atoms with van der Waals surface area (Å²) in [6, 6.07) is 3.53. The first-order valence-corrected chi connectivity index (χ1v) is 9.40. The summed E-state index contributed by atoms with van der Waals surface area (Å²) in [5, 5.41) is 2.50. The smallest absolute Gasteiger partial charge is 0.338 e. The van der Waals surface area contributed by atoms with Crippen molar-refractivity contribution in [1.29, 1.82) is 0 Å². The van der Waals surface area contributed by atoms with Gasteiger partial charge >= 0.3 is 5.97 Å². The second kappa shape index (κ2) is 9.35. The molecule has 1 aromatic rings. The number of hydrogen-bond donors (Lipinski definition) is 2. The molecule has 0 saturated carbocycles. The number of carbonyl (C=O) groups is 2. The van der Waals surface area contributed by atoms with Gasteiger partial charge in [0.2, 0.25) is 10.0 Å². The average Bonchev–Trinajstić information content (AvgIpc) is 2.57. The highest BCUT2D eigenvalue weighted by Crippen LogP contribution is 2.25. The number of amides is 1. The number of nitrogens with one attached hydrogen (secondary N) is 2. The van der Waals surface area contributed by atoms with E-state index in [1.54, 1.807) is 13.8 Å². The molecule has 0 heterocycles. The number of hydrogen-bond acceptors (Lipinski definition) is 6. The largest absolute Gasteiger partial charge is 0.495 e. The van der Waals surface area contributed by atoms with Gasteiger partial charge in [0.25, 0.3) is 5.91 Å². The van der Waals surface area contributed by atoms with Crippen LogP contribution in [0.3, 0.4) is 0 Å². The van der Waals surface area contributed by atoms with Crippen molar-refractivity contribution in [3.63, 3.8) is 0 Å². The first-order chi connectivity index (χ1) is 12.1. The summed E-state index contributed by atoms with van der Waals surface area (Å²) >= 11 is 0. The molecule has 9 heteroatoms. The van der Waals surface area contributed by atoms with Gasteiger partial charge in [-0.15, -0.1) is 6.58 Å². The van der Waals surface area contributed by atoms with Crippen molar-refractivity contribution < 1.29 is 27.5 Å². The van der Waals surface area contributed by atoms with Gasteiger partial charge in [0, 0.05) is 12.6 Å². The van der Waals surface area contributed by atoms with Gasteiger partial charge in [-0.05, 0) is 39.0 Å². The van der Waals surface area contributed by atoms with E-state index in [2.05, 4.69) is 16.6 Å². The maximum atomic E-state index is 12.4. The van der Waals surface area contributed by atoms with E-state index in [-0.39, 0.29) is 28.8 Å². The highest BCUT2D eigenvalue weighted by molar-refractivity contribution is 7.89. The second-order valence-electron chi connectivity index (χ2n) is 5.72. The van der Waals surface area contributed by atoms with Crippen molar-refractivity contribution in [1.82, 2.24) is 10.0 Å². The summed E-state index contributed by atoms with van der Waals surface area (Å²) in [4.78, 5) is 23.8. The molecule has 1 atom stereocenters. The van der Waals surface area contributed by atoms with Crippen molar-refractivity contribution in [2.75, 3.05) is 13.7 Å². The Bertz CT molecular complexity index is 773. The van der Waals surface area contributed by atoms with Crippen LogP contribution in [0.1, 0.15) is 31.1 Å². The van der Waals surface area contributed by atoms with Crippen molar-refractivity contribution in [2.24, 2.45) is 0 Å². The van der Waals surface area contributed by atoms with Gasteiger partial charge in [0.15, 0.2) is 6.10 Å². The van der Waals surface area contributed by atoms with E-state index in [0.717, 1.165) is 6.07 Å². The molecule has 0 aliphatic heterocycles. The van der Waals surface area contributed by atoms with Crippen LogP contribution in [0.2, 0.25) is 0 Å². The Labute approximate surface area is 153 Å². The topological polar surface area (TPSA) is 111 Å². The van der Waals surface area contributed by atoms with Crippen LogP contribution in [-0.4, -0.2) is 46.1 Å². The normalized spacial score (nSPS) is 12.3. The van der Waals surface area contributed by atoms with E-state index in [1.807, 2.05) is 0 Å². The molecular weight excluding hydrogens is 360 g/mol. The summed E-state index contributed by atoms with van der Waals surface area (Å²) in [6.07, 6.45) is 0.452. The predicted molar refractivity (Wildman–Crippen MR) is 96.5 cm³/mol. The molecule has 0 radical (unpaired) electrons. The van der Waals surface area contributed by atoms with E-state index in [1.165, 1.54) is 32.2 Å². The van der Waals surface area contributed by atoms with Crippen LogP contribution in [0, 0.1) is 0 Å². The fourth-order valence-electron chi connectivity index (χ4n) is 1.99. The second-order valence-corrected chi connectivity index (χ2v) is 7.41. The van der Waals surface area contributed by atoms with E-state index in [4.69, 9.17) is 9.47 Å². The highest BCUT2D eigenvalue weighted by Gasteiger charge is 2.24. The average molecular weight is 384 g/mol. The van der Waals surface area contributed by atoms with Gasteiger partial charge < -0.3 is 14.8 Å². The lowest BCUT2D eigenvalue weighted by atomic mass is 10.2. The Morgan fingerprint density at radius 2 is 1.92 bits per heavy atom. The van der Waals surface area contributed by atoms with Gasteiger partial charge in [0.05, 0.1) is 12.7 Å². The minimum absolute atomic E-state index is 0.0155. The zero-order valence-corrected chi connectivity index (χ0v) is 16.1. The highest BCUT2D eigenvalue weighted by atomic mass is 32.2. The molecule has 1 rings (SSSR count). The molecule has 144 valence electrons. The first-order valence-electron chi connectivity index (χ1n) is 7.92. The molecule has 0 spiro atoms. The van der Waals surface area contributed by atoms with Crippen molar-refractivity contribution in [3.8, 4) is 5.75 Å². The Hall–Kier alpha value is -2.39. The summed E-state index contributed by atoms with van der Waals surface area (Å²) in [6.45, 7) is 8.47. The molecule has 0 saturated heterocycles. The van der Waals surface area contributed by atoms with Crippen LogP contribution in [0.25, 0.3) is 0 Å². The van der Waals surface area contributed by atoms with Crippen molar-refractivity contribution >= 4 is 21.9 Å². The quantitative estimate of drug-likeness (QED) is 0.489. The minimum Gasteiger partial charge on any atom is -0.495 e. The van der Waals surface area contributed by atoms with Gasteiger partial charge in [0.1, 0.15) is 10.6 Å². The SMILES string of the molecule is C=CCNC(=O)C(C)OC(=O)c1ccc(OC)c(S(=O)(=O)NC(C)C)c1. The maximum absolute atomic E-state index is 12.4. The van der Waals surface area contributed by atoms with Crippen LogP contribution in [-0.2, 0) is 19.6 Å². The van der Waals surface area contributed by atoms with E-state index in [9.17, 15) is 18.0 Å². The summed E-state index contributed by atoms with van der Waals surface area (Å²) in [5.74, 6) is -1.22. The minimum atomic E-state index is -3.89. The van der Waals surface area contributed by atoms with Crippen LogP contribution in [0.15, 0.2) is 35.7 Å². The van der Waals surface area contributed by atoms with E-state index >= 15 is 0 Å². The summed E-state index contributed by atoms with van der Waals surface area (Å²) in [7, 11) is -2.56. The summed E-state index contributed by atoms with van der Waals surface area (Å²) < 4.78 is 37.4. The molecule has 1 unspecified atom stereocenters. The number of rotatable bonds is 9. The molecule has 0 aliphatic carbocycles. The molecular formula is C17H24N2O6S. The molecule has 1 aromatic carbocycles. The molecule has 8 nitrogen and oxygen atoms in total. The Kier molecular flexibility index (Phi) is 7.78. The molecule has 1 amide bonds. The van der Waals surface area contributed by atoms with Crippen LogP contribution in [0.5, 0.6) is 5.75 Å². The zero-order chi connectivity index (χ0) is 19.9. The lowest BCUT2D eigenvalue weighted by Crippen LogP contribution is -2.36. The van der Waals surface area contributed by atoms with Gasteiger partial charge in [-0.3, -0.25) is 4.79 Å². The summed E-state index contributed by atoms with van der Waals surface area (Å²) in [5.41, 5.74) is -0.0155. The number of carbonyl (C=O) groups excluding carboxylic acids is 2. The Morgan fingerprint density at radius 1 is 1.27 bits per heavy atom. The third-order valence-electron chi connectivity index (χ3n) is 3.15. The predicted octanol–water partition coefficient (Wildman–Crippen LogP) is 1.23. The van der Waals surface area contributed by atoms with Crippen LogP contribution >= 0.6 is 0 Å².